The normalized spacial score (nSPS) is 15.7. The molecule has 1 aromatic rings. The molecule has 0 radical (unpaired) electrons. The molecule has 0 heterocycles. The lowest BCUT2D eigenvalue weighted by molar-refractivity contribution is -0.137. The van der Waals surface area contributed by atoms with Crippen LogP contribution in [0.15, 0.2) is 41.6 Å². The Morgan fingerprint density at radius 1 is 1.11 bits per heavy atom. The summed E-state index contributed by atoms with van der Waals surface area (Å²) in [7, 11) is 0. The molecule has 0 aliphatic heterocycles. The highest BCUT2D eigenvalue weighted by Gasteiger charge is 2.07. The summed E-state index contributed by atoms with van der Waals surface area (Å²) in [5, 5.41) is 3.91. The van der Waals surface area contributed by atoms with Crippen molar-refractivity contribution in [3.05, 3.63) is 42.0 Å². The number of hydrogen-bond donors (Lipinski definition) is 0. The van der Waals surface area contributed by atoms with Gasteiger partial charge in [0.2, 0.25) is 0 Å². The van der Waals surface area contributed by atoms with E-state index in [0.717, 1.165) is 37.0 Å². The van der Waals surface area contributed by atoms with E-state index in [1.807, 2.05) is 30.3 Å². The molecule has 0 spiro atoms. The quantitative estimate of drug-likeness (QED) is 0.462. The van der Waals surface area contributed by atoms with Crippen LogP contribution in [-0.2, 0) is 9.63 Å². The number of oxime groups is 1. The first-order chi connectivity index (χ1) is 8.84. The van der Waals surface area contributed by atoms with E-state index in [1.54, 1.807) is 6.08 Å². The average Bonchev–Trinajstić information content (AvgIpc) is 2.45. The van der Waals surface area contributed by atoms with Gasteiger partial charge < -0.3 is 4.84 Å². The first-order valence-corrected chi connectivity index (χ1v) is 6.34. The molecule has 1 aromatic carbocycles. The summed E-state index contributed by atoms with van der Waals surface area (Å²) in [6.45, 7) is 0. The van der Waals surface area contributed by atoms with Crippen LogP contribution in [0.1, 0.15) is 37.7 Å². The van der Waals surface area contributed by atoms with Crippen molar-refractivity contribution < 1.29 is 9.63 Å². The molecule has 18 heavy (non-hydrogen) atoms. The van der Waals surface area contributed by atoms with Crippen LogP contribution in [0.3, 0.4) is 0 Å². The summed E-state index contributed by atoms with van der Waals surface area (Å²) in [6.07, 6.45) is 8.59. The van der Waals surface area contributed by atoms with Crippen molar-refractivity contribution in [3.8, 4) is 0 Å². The lowest BCUT2D eigenvalue weighted by Crippen LogP contribution is -2.06. The Hall–Kier alpha value is -1.90. The van der Waals surface area contributed by atoms with Gasteiger partial charge >= 0.3 is 5.97 Å². The molecule has 0 bridgehead atoms. The zero-order valence-electron chi connectivity index (χ0n) is 10.3. The van der Waals surface area contributed by atoms with Gasteiger partial charge in [0.05, 0.1) is 5.71 Å². The third-order valence-corrected chi connectivity index (χ3v) is 2.91. The second-order valence-electron chi connectivity index (χ2n) is 4.37. The summed E-state index contributed by atoms with van der Waals surface area (Å²) in [5.74, 6) is -0.420. The van der Waals surface area contributed by atoms with Gasteiger partial charge in [0.1, 0.15) is 0 Å². The minimum absolute atomic E-state index is 0.420. The minimum Gasteiger partial charge on any atom is -0.314 e. The second kappa shape index (κ2) is 6.74. The van der Waals surface area contributed by atoms with Gasteiger partial charge in [0, 0.05) is 6.08 Å². The van der Waals surface area contributed by atoms with Crippen molar-refractivity contribution in [2.24, 2.45) is 5.16 Å². The lowest BCUT2D eigenvalue weighted by atomic mass is 9.99. The third-order valence-electron chi connectivity index (χ3n) is 2.91. The van der Waals surface area contributed by atoms with Crippen LogP contribution in [0.4, 0.5) is 0 Å². The Labute approximate surface area is 107 Å². The topological polar surface area (TPSA) is 38.7 Å². The van der Waals surface area contributed by atoms with E-state index >= 15 is 0 Å². The van der Waals surface area contributed by atoms with Gasteiger partial charge in [-0.1, -0.05) is 41.9 Å². The van der Waals surface area contributed by atoms with E-state index in [4.69, 9.17) is 4.84 Å². The van der Waals surface area contributed by atoms with Crippen LogP contribution < -0.4 is 0 Å². The third kappa shape index (κ3) is 4.17. The number of benzene rings is 1. The van der Waals surface area contributed by atoms with Crippen molar-refractivity contribution >= 4 is 17.8 Å². The molecule has 0 saturated heterocycles. The summed E-state index contributed by atoms with van der Waals surface area (Å²) in [4.78, 5) is 16.3. The van der Waals surface area contributed by atoms with E-state index in [9.17, 15) is 4.79 Å². The maximum atomic E-state index is 11.4. The molecule has 3 nitrogen and oxygen atoms in total. The second-order valence-corrected chi connectivity index (χ2v) is 4.37. The maximum absolute atomic E-state index is 11.4. The number of nitrogens with zero attached hydrogens (tertiary/aromatic N) is 1. The lowest BCUT2D eigenvalue weighted by Gasteiger charge is -2.10. The molecule has 1 fully saturated rings. The van der Waals surface area contributed by atoms with Gasteiger partial charge in [0.25, 0.3) is 0 Å². The van der Waals surface area contributed by atoms with Crippen LogP contribution in [0, 0.1) is 0 Å². The van der Waals surface area contributed by atoms with Crippen molar-refractivity contribution in [2.75, 3.05) is 0 Å². The largest absolute Gasteiger partial charge is 0.358 e. The van der Waals surface area contributed by atoms with E-state index in [2.05, 4.69) is 5.16 Å². The van der Waals surface area contributed by atoms with Crippen LogP contribution in [0.25, 0.3) is 6.08 Å². The number of carbonyl (C=O) groups excluding carboxylic acids is 1. The van der Waals surface area contributed by atoms with Crippen LogP contribution in [0.5, 0.6) is 0 Å². The highest BCUT2D eigenvalue weighted by Crippen LogP contribution is 2.14. The smallest absolute Gasteiger partial charge is 0.314 e. The van der Waals surface area contributed by atoms with Gasteiger partial charge in [-0.2, -0.15) is 0 Å². The molecule has 94 valence electrons. The van der Waals surface area contributed by atoms with Crippen molar-refractivity contribution in [1.82, 2.24) is 0 Å². The molecular weight excluding hydrogens is 226 g/mol. The fraction of sp³-hybridized carbons (Fsp3) is 0.333. The Morgan fingerprint density at radius 3 is 2.56 bits per heavy atom. The summed E-state index contributed by atoms with van der Waals surface area (Å²) < 4.78 is 0. The van der Waals surface area contributed by atoms with Gasteiger partial charge in [0.15, 0.2) is 0 Å². The fourth-order valence-corrected chi connectivity index (χ4v) is 1.92. The van der Waals surface area contributed by atoms with Crippen LogP contribution in [0.2, 0.25) is 0 Å². The summed E-state index contributed by atoms with van der Waals surface area (Å²) in [6, 6.07) is 9.64. The molecule has 0 aromatic heterocycles. The molecule has 1 aliphatic rings. The molecule has 1 aliphatic carbocycles. The molecule has 0 N–H and O–H groups in total. The zero-order valence-corrected chi connectivity index (χ0v) is 10.3. The van der Waals surface area contributed by atoms with Gasteiger partial charge in [-0.3, -0.25) is 0 Å². The highest BCUT2D eigenvalue weighted by atomic mass is 16.7. The Bertz CT molecular complexity index is 441. The van der Waals surface area contributed by atoms with Crippen LogP contribution in [-0.4, -0.2) is 11.7 Å². The van der Waals surface area contributed by atoms with Gasteiger partial charge in [-0.05, 0) is 37.3 Å². The standard InChI is InChI=1S/C15H17NO2/c17-15(12-11-13-7-3-1-4-8-13)18-16-14-9-5-2-6-10-14/h1,3-4,7-8,11-12H,2,5-6,9-10H2/b12-11+. The SMILES string of the molecule is O=C(/C=C/c1ccccc1)ON=C1CCCCC1. The van der Waals surface area contributed by atoms with Gasteiger partial charge in [-0.15, -0.1) is 0 Å². The van der Waals surface area contributed by atoms with E-state index in [1.165, 1.54) is 12.5 Å². The first-order valence-electron chi connectivity index (χ1n) is 6.34. The van der Waals surface area contributed by atoms with Gasteiger partial charge in [-0.25, -0.2) is 4.79 Å². The molecule has 0 unspecified atom stereocenters. The zero-order chi connectivity index (χ0) is 12.6. The molecule has 0 amide bonds. The predicted molar refractivity (Wildman–Crippen MR) is 72.1 cm³/mol. The van der Waals surface area contributed by atoms with E-state index < -0.39 is 5.97 Å². The summed E-state index contributed by atoms with van der Waals surface area (Å²) in [5.41, 5.74) is 1.97. The monoisotopic (exact) mass is 243 g/mol. The molecule has 2 rings (SSSR count). The first kappa shape index (κ1) is 12.6. The Balaban J connectivity index is 1.83. The number of carbonyl (C=O) groups is 1. The van der Waals surface area contributed by atoms with Crippen molar-refractivity contribution in [1.29, 1.82) is 0 Å². The van der Waals surface area contributed by atoms with E-state index in [0.29, 0.717) is 0 Å². The predicted octanol–water partition coefficient (Wildman–Crippen LogP) is 3.56. The Kier molecular flexibility index (Phi) is 4.70. The number of hydrogen-bond acceptors (Lipinski definition) is 3. The van der Waals surface area contributed by atoms with Crippen molar-refractivity contribution in [3.63, 3.8) is 0 Å². The molecular formula is C15H17NO2. The fourth-order valence-electron chi connectivity index (χ4n) is 1.92. The number of rotatable bonds is 3. The maximum Gasteiger partial charge on any atom is 0.358 e. The molecule has 3 heteroatoms. The average molecular weight is 243 g/mol. The molecule has 1 saturated carbocycles. The molecule has 0 atom stereocenters. The van der Waals surface area contributed by atoms with Crippen LogP contribution >= 0.6 is 0 Å². The summed E-state index contributed by atoms with van der Waals surface area (Å²) >= 11 is 0. The van der Waals surface area contributed by atoms with E-state index in [-0.39, 0.29) is 0 Å². The van der Waals surface area contributed by atoms with Crippen molar-refractivity contribution in [2.45, 2.75) is 32.1 Å². The Morgan fingerprint density at radius 2 is 1.83 bits per heavy atom. The minimum atomic E-state index is -0.420. The highest BCUT2D eigenvalue weighted by molar-refractivity contribution is 5.89.